The number of halogens is 6. The fourth-order valence-corrected chi connectivity index (χ4v) is 3.92. The second-order valence-corrected chi connectivity index (χ2v) is 8.55. The van der Waals surface area contributed by atoms with Crippen molar-refractivity contribution in [2.24, 2.45) is 5.73 Å². The number of pyridine rings is 1. The molecule has 0 atom stereocenters. The van der Waals surface area contributed by atoms with Crippen molar-refractivity contribution in [1.82, 2.24) is 35.0 Å². The van der Waals surface area contributed by atoms with Crippen molar-refractivity contribution in [3.05, 3.63) is 63.8 Å². The van der Waals surface area contributed by atoms with Gasteiger partial charge in [0.05, 0.1) is 16.4 Å². The summed E-state index contributed by atoms with van der Waals surface area (Å²) < 4.78 is 75.8. The van der Waals surface area contributed by atoms with Gasteiger partial charge in [0, 0.05) is 6.20 Å². The number of aromatic nitrogens is 7. The van der Waals surface area contributed by atoms with Crippen LogP contribution in [0.5, 0.6) is 11.5 Å². The van der Waals surface area contributed by atoms with E-state index in [2.05, 4.69) is 40.3 Å². The maximum Gasteiger partial charge on any atom is 0.586 e. The van der Waals surface area contributed by atoms with E-state index < -0.39 is 53.7 Å². The summed E-state index contributed by atoms with van der Waals surface area (Å²) >= 11 is 6.22. The second-order valence-electron chi connectivity index (χ2n) is 8.14. The van der Waals surface area contributed by atoms with Gasteiger partial charge in [0.15, 0.2) is 17.3 Å². The molecule has 3 aromatic heterocycles. The highest BCUT2D eigenvalue weighted by Gasteiger charge is 2.46. The van der Waals surface area contributed by atoms with Crippen molar-refractivity contribution in [3.63, 3.8) is 0 Å². The molecular formula is C21H13ClF5N9O4. The van der Waals surface area contributed by atoms with Gasteiger partial charge in [-0.25, -0.2) is 9.67 Å². The van der Waals surface area contributed by atoms with Crippen LogP contribution in [0.2, 0.25) is 5.02 Å². The number of amides is 2. The molecule has 1 aliphatic heterocycles. The van der Waals surface area contributed by atoms with Crippen LogP contribution >= 0.6 is 11.6 Å². The van der Waals surface area contributed by atoms with Gasteiger partial charge in [-0.3, -0.25) is 9.59 Å². The molecule has 4 aromatic rings. The monoisotopic (exact) mass is 585 g/mol. The maximum atomic E-state index is 13.7. The zero-order chi connectivity index (χ0) is 29.0. The molecule has 19 heteroatoms. The van der Waals surface area contributed by atoms with Crippen LogP contribution in [0.15, 0.2) is 30.5 Å². The van der Waals surface area contributed by atoms with Gasteiger partial charge in [0.2, 0.25) is 0 Å². The van der Waals surface area contributed by atoms with Crippen molar-refractivity contribution in [1.29, 1.82) is 0 Å². The molecule has 1 aromatic carbocycles. The number of carbonyl (C=O) groups excluding carboxylic acids is 2. The Balaban J connectivity index is 1.55. The van der Waals surface area contributed by atoms with Crippen molar-refractivity contribution < 1.29 is 41.0 Å². The van der Waals surface area contributed by atoms with Crippen LogP contribution in [0, 0.1) is 6.92 Å². The number of hydrogen-bond acceptors (Lipinski definition) is 9. The molecular weight excluding hydrogens is 573 g/mol. The van der Waals surface area contributed by atoms with Crippen molar-refractivity contribution >= 4 is 29.1 Å². The highest BCUT2D eigenvalue weighted by Crippen LogP contribution is 2.47. The number of carbonyl (C=O) groups is 2. The Hall–Kier alpha value is -4.87. The number of ether oxygens (including phenoxy) is 2. The van der Waals surface area contributed by atoms with Gasteiger partial charge in [-0.15, -0.1) is 19.0 Å². The number of primary amides is 1. The summed E-state index contributed by atoms with van der Waals surface area (Å²) in [5, 5.41) is 16.2. The second kappa shape index (κ2) is 9.40. The normalized spacial score (nSPS) is 13.9. The van der Waals surface area contributed by atoms with E-state index in [9.17, 15) is 31.5 Å². The first kappa shape index (κ1) is 26.7. The molecule has 208 valence electrons. The zero-order valence-electron chi connectivity index (χ0n) is 19.7. The summed E-state index contributed by atoms with van der Waals surface area (Å²) in [6.45, 7) is 0.931. The van der Waals surface area contributed by atoms with E-state index >= 15 is 0 Å². The molecule has 0 saturated carbocycles. The molecule has 0 radical (unpaired) electrons. The molecule has 1 aliphatic rings. The third-order valence-corrected chi connectivity index (χ3v) is 5.61. The molecule has 0 aliphatic carbocycles. The first-order valence-corrected chi connectivity index (χ1v) is 11.2. The van der Waals surface area contributed by atoms with Crippen LogP contribution in [0.4, 0.5) is 27.6 Å². The number of nitrogens with two attached hydrogens (primary N) is 1. The predicted octanol–water partition coefficient (Wildman–Crippen LogP) is 2.96. The Morgan fingerprint density at radius 3 is 2.60 bits per heavy atom. The van der Waals surface area contributed by atoms with Gasteiger partial charge >= 0.3 is 12.5 Å². The number of alkyl halides is 5. The first-order valence-electron chi connectivity index (χ1n) is 10.8. The van der Waals surface area contributed by atoms with E-state index in [0.717, 1.165) is 16.8 Å². The summed E-state index contributed by atoms with van der Waals surface area (Å²) in [5.74, 6) is -4.85. The Morgan fingerprint density at radius 1 is 1.20 bits per heavy atom. The molecule has 0 unspecified atom stereocenters. The lowest BCUT2D eigenvalue weighted by atomic mass is 10.0. The van der Waals surface area contributed by atoms with Crippen LogP contribution in [-0.2, 0) is 12.7 Å². The largest absolute Gasteiger partial charge is 0.586 e. The van der Waals surface area contributed by atoms with E-state index in [-0.39, 0.29) is 33.5 Å². The van der Waals surface area contributed by atoms with Crippen LogP contribution in [0.1, 0.15) is 37.9 Å². The maximum absolute atomic E-state index is 13.7. The van der Waals surface area contributed by atoms with E-state index in [0.29, 0.717) is 4.80 Å². The average Bonchev–Trinajstić information content (AvgIpc) is 3.56. The number of rotatable bonds is 6. The van der Waals surface area contributed by atoms with Gasteiger partial charge in [-0.2, -0.15) is 23.1 Å². The molecule has 4 heterocycles. The van der Waals surface area contributed by atoms with Crippen molar-refractivity contribution in [2.45, 2.75) is 25.9 Å². The number of benzene rings is 1. The predicted molar refractivity (Wildman–Crippen MR) is 122 cm³/mol. The molecule has 0 saturated heterocycles. The smallest absolute Gasteiger partial charge is 0.395 e. The lowest BCUT2D eigenvalue weighted by Gasteiger charge is -2.14. The lowest BCUT2D eigenvalue weighted by Crippen LogP contribution is -2.26. The Labute approximate surface area is 223 Å². The molecule has 0 bridgehead atoms. The third kappa shape index (κ3) is 4.95. The van der Waals surface area contributed by atoms with Gasteiger partial charge in [0.1, 0.15) is 17.8 Å². The number of anilines is 1. The lowest BCUT2D eigenvalue weighted by molar-refractivity contribution is -0.286. The third-order valence-electron chi connectivity index (χ3n) is 5.32. The first-order chi connectivity index (χ1) is 18.7. The highest BCUT2D eigenvalue weighted by atomic mass is 35.5. The molecule has 13 nitrogen and oxygen atoms in total. The summed E-state index contributed by atoms with van der Waals surface area (Å²) in [4.78, 5) is 30.4. The fraction of sp³-hybridized carbons (Fsp3) is 0.190. The van der Waals surface area contributed by atoms with Gasteiger partial charge in [-0.1, -0.05) is 11.6 Å². The van der Waals surface area contributed by atoms with E-state index in [1.165, 1.54) is 25.3 Å². The molecule has 3 N–H and O–H groups in total. The molecule has 40 heavy (non-hydrogen) atoms. The summed E-state index contributed by atoms with van der Waals surface area (Å²) in [6, 6.07) is 5.20. The number of fused-ring (bicyclic) bond motifs is 1. The van der Waals surface area contributed by atoms with Crippen LogP contribution < -0.4 is 20.5 Å². The number of aryl methyl sites for hydroxylation is 1. The van der Waals surface area contributed by atoms with Gasteiger partial charge < -0.3 is 20.5 Å². The topological polar surface area (TPSA) is 165 Å². The number of hydrogen-bond donors (Lipinski definition) is 2. The summed E-state index contributed by atoms with van der Waals surface area (Å²) in [6.07, 6.45) is -7.58. The average molecular weight is 586 g/mol. The van der Waals surface area contributed by atoms with Crippen LogP contribution in [0.25, 0.3) is 5.82 Å². The Bertz CT molecular complexity index is 1670. The fourth-order valence-electron chi connectivity index (χ4n) is 3.72. The summed E-state index contributed by atoms with van der Waals surface area (Å²) in [5.41, 5.74) is 4.36. The number of tetrazole rings is 1. The quantitative estimate of drug-likeness (QED) is 0.324. The van der Waals surface area contributed by atoms with Gasteiger partial charge in [0.25, 0.3) is 17.6 Å². The van der Waals surface area contributed by atoms with E-state index in [1.807, 2.05) is 0 Å². The van der Waals surface area contributed by atoms with Crippen molar-refractivity contribution in [2.75, 3.05) is 5.32 Å². The van der Waals surface area contributed by atoms with Gasteiger partial charge in [-0.05, 0) is 42.0 Å². The minimum absolute atomic E-state index is 0.0184. The minimum atomic E-state index is -4.84. The summed E-state index contributed by atoms with van der Waals surface area (Å²) in [7, 11) is 0. The van der Waals surface area contributed by atoms with Crippen LogP contribution in [0.3, 0.4) is 0 Å². The van der Waals surface area contributed by atoms with Crippen molar-refractivity contribution in [3.8, 4) is 17.3 Å². The minimum Gasteiger partial charge on any atom is -0.395 e. The number of nitrogens with zero attached hydrogens (tertiary/aromatic N) is 7. The Kier molecular flexibility index (Phi) is 6.28. The number of nitrogens with one attached hydrogen (secondary N) is 1. The standard InChI is InChI=1S/C21H13ClF5N9O4/c1-8-5-12-15(40-21(26,27)39-12)13(16(28)37)14(8)30-18(38)11-6-9(7-35-33-19(31-34-35)20(23,24)25)32-36(11)17-10(22)3-2-4-29-17/h2-6H,7H2,1H3,(H2,28,37)(H,30,38). The SMILES string of the molecule is Cc1cc2c(c(C(N)=O)c1NC(=O)c1cc(Cn3nnc(C(F)(F)F)n3)nn1-c1ncccc1Cl)OC(F)(F)O2. The highest BCUT2D eigenvalue weighted by molar-refractivity contribution is 6.32. The Morgan fingerprint density at radius 2 is 1.95 bits per heavy atom. The van der Waals surface area contributed by atoms with E-state index in [4.69, 9.17) is 17.3 Å². The van der Waals surface area contributed by atoms with E-state index in [1.54, 1.807) is 0 Å². The molecule has 0 spiro atoms. The molecule has 5 rings (SSSR count). The van der Waals surface area contributed by atoms with Crippen LogP contribution in [-0.4, -0.2) is 53.1 Å². The zero-order valence-corrected chi connectivity index (χ0v) is 20.5. The molecule has 2 amide bonds. The molecule has 0 fully saturated rings.